The zero-order chi connectivity index (χ0) is 22.7. The average Bonchev–Trinajstić information content (AvgIpc) is 3.41. The highest BCUT2D eigenvalue weighted by molar-refractivity contribution is 7.12. The number of alkyl carbamates (subject to hydrolysis) is 1. The van der Waals surface area contributed by atoms with E-state index in [2.05, 4.69) is 29.6 Å². The topological polar surface area (TPSA) is 95.9 Å². The highest BCUT2D eigenvalue weighted by Gasteiger charge is 2.29. The lowest BCUT2D eigenvalue weighted by Crippen LogP contribution is -2.30. The van der Waals surface area contributed by atoms with Crippen LogP contribution >= 0.6 is 11.3 Å². The monoisotopic (exact) mass is 451 g/mol. The van der Waals surface area contributed by atoms with Gasteiger partial charge in [0.2, 0.25) is 0 Å². The minimum Gasteiger partial charge on any atom is -0.449 e. The van der Waals surface area contributed by atoms with Crippen LogP contribution in [0.15, 0.2) is 60.0 Å². The summed E-state index contributed by atoms with van der Waals surface area (Å²) in [7, 11) is 0. The van der Waals surface area contributed by atoms with Gasteiger partial charge in [0, 0.05) is 18.0 Å². The van der Waals surface area contributed by atoms with Gasteiger partial charge < -0.3 is 20.3 Å². The molecule has 3 aromatic rings. The summed E-state index contributed by atoms with van der Waals surface area (Å²) < 4.78 is 5.47. The summed E-state index contributed by atoms with van der Waals surface area (Å²) in [6, 6.07) is 17.9. The van der Waals surface area contributed by atoms with Crippen LogP contribution in [-0.2, 0) is 4.74 Å². The van der Waals surface area contributed by atoms with Crippen LogP contribution in [0.5, 0.6) is 0 Å². The number of ketones is 1. The lowest BCUT2D eigenvalue weighted by molar-refractivity contribution is 0.0135. The van der Waals surface area contributed by atoms with Crippen molar-refractivity contribution in [2.45, 2.75) is 31.5 Å². The number of ether oxygens (including phenoxy) is 1. The fraction of sp³-hybridized carbons (Fsp3) is 0.280. The number of aliphatic hydroxyl groups is 2. The van der Waals surface area contributed by atoms with Gasteiger partial charge in [0.15, 0.2) is 5.78 Å². The third-order valence-electron chi connectivity index (χ3n) is 5.75. The Bertz CT molecular complexity index is 1080. The predicted molar refractivity (Wildman–Crippen MR) is 123 cm³/mol. The molecule has 32 heavy (non-hydrogen) atoms. The minimum absolute atomic E-state index is 0.0239. The van der Waals surface area contributed by atoms with Crippen LogP contribution in [0.3, 0.4) is 0 Å². The molecule has 0 saturated heterocycles. The van der Waals surface area contributed by atoms with E-state index in [0.717, 1.165) is 22.3 Å². The Morgan fingerprint density at radius 3 is 2.28 bits per heavy atom. The van der Waals surface area contributed by atoms with Crippen LogP contribution in [0.1, 0.15) is 51.7 Å². The first-order valence-corrected chi connectivity index (χ1v) is 11.4. The first kappa shape index (κ1) is 22.2. The van der Waals surface area contributed by atoms with Gasteiger partial charge in [-0.3, -0.25) is 4.79 Å². The summed E-state index contributed by atoms with van der Waals surface area (Å²) in [6.07, 6.45) is -2.76. The molecular weight excluding hydrogens is 426 g/mol. The van der Waals surface area contributed by atoms with E-state index in [1.807, 2.05) is 24.3 Å². The van der Waals surface area contributed by atoms with E-state index < -0.39 is 18.3 Å². The number of hydrogen-bond acceptors (Lipinski definition) is 6. The molecule has 6 nitrogen and oxygen atoms in total. The highest BCUT2D eigenvalue weighted by Crippen LogP contribution is 2.44. The van der Waals surface area contributed by atoms with Gasteiger partial charge in [0.05, 0.1) is 11.0 Å². The number of hydrogen-bond donors (Lipinski definition) is 3. The number of Topliss-reactive ketones (excluding diaryl/α,β-unsaturated/α-hetero) is 1. The fourth-order valence-electron chi connectivity index (χ4n) is 4.17. The summed E-state index contributed by atoms with van der Waals surface area (Å²) in [5.74, 6) is -0.179. The molecule has 0 spiro atoms. The van der Waals surface area contributed by atoms with E-state index in [1.54, 1.807) is 11.4 Å². The van der Waals surface area contributed by atoms with Gasteiger partial charge in [-0.05, 0) is 47.0 Å². The van der Waals surface area contributed by atoms with Gasteiger partial charge in [-0.25, -0.2) is 4.79 Å². The van der Waals surface area contributed by atoms with Crippen LogP contribution in [0.4, 0.5) is 4.79 Å². The van der Waals surface area contributed by atoms with Gasteiger partial charge in [-0.2, -0.15) is 0 Å². The molecule has 1 aliphatic rings. The summed E-state index contributed by atoms with van der Waals surface area (Å²) in [6.45, 7) is 1.77. The Kier molecular flexibility index (Phi) is 6.69. The van der Waals surface area contributed by atoms with Crippen molar-refractivity contribution in [3.8, 4) is 11.1 Å². The summed E-state index contributed by atoms with van der Waals surface area (Å²) in [4.78, 5) is 24.3. The molecule has 7 heteroatoms. The van der Waals surface area contributed by atoms with Crippen molar-refractivity contribution >= 4 is 23.2 Å². The predicted octanol–water partition coefficient (Wildman–Crippen LogP) is 4.27. The van der Waals surface area contributed by atoms with E-state index in [0.29, 0.717) is 10.4 Å². The average molecular weight is 452 g/mol. The second-order valence-corrected chi connectivity index (χ2v) is 8.73. The zero-order valence-corrected chi connectivity index (χ0v) is 18.5. The van der Waals surface area contributed by atoms with E-state index >= 15 is 0 Å². The number of amides is 1. The normalized spacial score (nSPS) is 14.3. The summed E-state index contributed by atoms with van der Waals surface area (Å²) >= 11 is 1.23. The molecule has 1 aliphatic carbocycles. The van der Waals surface area contributed by atoms with Crippen LogP contribution in [0, 0.1) is 0 Å². The van der Waals surface area contributed by atoms with Crippen molar-refractivity contribution in [3.05, 3.63) is 81.5 Å². The van der Waals surface area contributed by atoms with E-state index in [1.165, 1.54) is 18.3 Å². The largest absolute Gasteiger partial charge is 0.449 e. The quantitative estimate of drug-likeness (QED) is 0.445. The van der Waals surface area contributed by atoms with Crippen molar-refractivity contribution < 1.29 is 24.5 Å². The number of carbonyl (C=O) groups is 2. The third kappa shape index (κ3) is 4.46. The number of thiophene rings is 1. The number of nitrogens with one attached hydrogen (secondary N) is 1. The van der Waals surface area contributed by atoms with Crippen LogP contribution < -0.4 is 5.32 Å². The molecule has 0 aliphatic heterocycles. The van der Waals surface area contributed by atoms with E-state index in [9.17, 15) is 19.8 Å². The maximum atomic E-state index is 12.2. The Hall–Kier alpha value is -3.00. The molecule has 166 valence electrons. The number of rotatable bonds is 8. The van der Waals surface area contributed by atoms with Gasteiger partial charge in [-0.1, -0.05) is 48.5 Å². The molecule has 1 heterocycles. The number of fused-ring (bicyclic) bond motifs is 3. The maximum absolute atomic E-state index is 12.2. The van der Waals surface area contributed by atoms with Gasteiger partial charge >= 0.3 is 6.09 Å². The molecule has 1 amide bonds. The highest BCUT2D eigenvalue weighted by atomic mass is 32.1. The molecule has 0 fully saturated rings. The molecule has 4 rings (SSSR count). The Morgan fingerprint density at radius 2 is 1.66 bits per heavy atom. The van der Waals surface area contributed by atoms with Crippen molar-refractivity contribution in [1.29, 1.82) is 0 Å². The van der Waals surface area contributed by atoms with Crippen molar-refractivity contribution in [2.24, 2.45) is 0 Å². The third-order valence-corrected chi connectivity index (χ3v) is 6.78. The Morgan fingerprint density at radius 1 is 1.03 bits per heavy atom. The minimum atomic E-state index is -1.19. The second-order valence-electron chi connectivity index (χ2n) is 7.81. The number of carbonyl (C=O) groups excluding carboxylic acids is 2. The molecule has 2 aromatic carbocycles. The van der Waals surface area contributed by atoms with Gasteiger partial charge in [0.25, 0.3) is 0 Å². The van der Waals surface area contributed by atoms with E-state index in [4.69, 9.17) is 4.74 Å². The molecule has 1 aromatic heterocycles. The smallest absolute Gasteiger partial charge is 0.407 e. The summed E-state index contributed by atoms with van der Waals surface area (Å²) in [5, 5.41) is 25.0. The van der Waals surface area contributed by atoms with Crippen molar-refractivity contribution in [1.82, 2.24) is 5.32 Å². The van der Waals surface area contributed by atoms with Crippen molar-refractivity contribution in [2.75, 3.05) is 13.2 Å². The molecule has 0 radical (unpaired) electrons. The van der Waals surface area contributed by atoms with Crippen LogP contribution in [-0.4, -0.2) is 41.3 Å². The van der Waals surface area contributed by atoms with Crippen LogP contribution in [0.2, 0.25) is 0 Å². The van der Waals surface area contributed by atoms with Gasteiger partial charge in [0.1, 0.15) is 12.7 Å². The number of aliphatic hydroxyl groups excluding tert-OH is 2. The molecule has 2 atom stereocenters. The molecule has 3 N–H and O–H groups in total. The maximum Gasteiger partial charge on any atom is 0.407 e. The standard InChI is InChI=1S/C25H25NO5S/c1-15(27)24-20(11-13-32-24)23(29)22(28)10-12-26-25(30)31-14-21-18-8-4-2-6-16(18)17-7-3-5-9-19(17)21/h2-9,11,13,21-23,28-29H,10,12,14H2,1H3,(H,26,30). The lowest BCUT2D eigenvalue weighted by atomic mass is 9.98. The first-order chi connectivity index (χ1) is 15.5. The SMILES string of the molecule is CC(=O)c1sccc1C(O)C(O)CCNC(=O)OCC1c2ccccc2-c2ccccc21. The molecule has 0 bridgehead atoms. The van der Waals surface area contributed by atoms with E-state index in [-0.39, 0.29) is 31.3 Å². The first-order valence-electron chi connectivity index (χ1n) is 10.5. The Balaban J connectivity index is 1.29. The molecule has 2 unspecified atom stereocenters. The van der Waals surface area contributed by atoms with Gasteiger partial charge in [-0.15, -0.1) is 11.3 Å². The second kappa shape index (κ2) is 9.65. The number of benzene rings is 2. The fourth-order valence-corrected chi connectivity index (χ4v) is 5.02. The van der Waals surface area contributed by atoms with Crippen LogP contribution in [0.25, 0.3) is 11.1 Å². The van der Waals surface area contributed by atoms with Crippen molar-refractivity contribution in [3.63, 3.8) is 0 Å². The molecular formula is C25H25NO5S. The Labute approximate surface area is 190 Å². The lowest BCUT2D eigenvalue weighted by Gasteiger charge is -2.19. The summed E-state index contributed by atoms with van der Waals surface area (Å²) in [5.41, 5.74) is 5.01. The molecule has 0 saturated carbocycles. The zero-order valence-electron chi connectivity index (χ0n) is 17.7.